The van der Waals surface area contributed by atoms with Gasteiger partial charge in [0.25, 0.3) is 5.91 Å². The number of anilines is 1. The summed E-state index contributed by atoms with van der Waals surface area (Å²) in [5.41, 5.74) is 3.75. The highest BCUT2D eigenvalue weighted by Gasteiger charge is 2.30. The standard InChI is InChI=1S/C27H30N2O3/c1-4-19-10-7-9-18(2)25(19)28-26(30)20-11-8-16-29(17-20)27(31)23-14-15-24(32-3)22-13-6-5-12-21(22)23/h5-7,9-10,12-15,20H,4,8,11,16-17H2,1-3H3,(H,28,30). The molecule has 1 aliphatic heterocycles. The molecule has 5 heteroatoms. The highest BCUT2D eigenvalue weighted by atomic mass is 16.5. The van der Waals surface area contributed by atoms with Crippen molar-refractivity contribution < 1.29 is 14.3 Å². The van der Waals surface area contributed by atoms with Crippen molar-refractivity contribution in [2.24, 2.45) is 5.92 Å². The van der Waals surface area contributed by atoms with E-state index in [-0.39, 0.29) is 17.7 Å². The van der Waals surface area contributed by atoms with Crippen LogP contribution < -0.4 is 10.1 Å². The van der Waals surface area contributed by atoms with Crippen LogP contribution in [0.25, 0.3) is 10.8 Å². The minimum Gasteiger partial charge on any atom is -0.496 e. The fourth-order valence-electron chi connectivity index (χ4n) is 4.61. The summed E-state index contributed by atoms with van der Waals surface area (Å²) in [4.78, 5) is 28.4. The molecule has 2 amide bonds. The molecule has 1 aliphatic rings. The van der Waals surface area contributed by atoms with E-state index in [9.17, 15) is 9.59 Å². The summed E-state index contributed by atoms with van der Waals surface area (Å²) < 4.78 is 5.46. The zero-order valence-corrected chi connectivity index (χ0v) is 19.0. The highest BCUT2D eigenvalue weighted by Crippen LogP contribution is 2.30. The molecule has 0 aliphatic carbocycles. The molecule has 0 bridgehead atoms. The number of nitrogens with zero attached hydrogens (tertiary/aromatic N) is 1. The number of aryl methyl sites for hydroxylation is 2. The van der Waals surface area contributed by atoms with E-state index in [1.54, 1.807) is 7.11 Å². The molecular weight excluding hydrogens is 400 g/mol. The number of methoxy groups -OCH3 is 1. The van der Waals surface area contributed by atoms with Crippen molar-refractivity contribution in [2.45, 2.75) is 33.1 Å². The predicted octanol–water partition coefficient (Wildman–Crippen LogP) is 5.21. The fourth-order valence-corrected chi connectivity index (χ4v) is 4.61. The van der Waals surface area contributed by atoms with Gasteiger partial charge in [0.15, 0.2) is 0 Å². The third kappa shape index (κ3) is 4.20. The van der Waals surface area contributed by atoms with E-state index in [4.69, 9.17) is 4.74 Å². The van der Waals surface area contributed by atoms with Crippen molar-refractivity contribution in [2.75, 3.05) is 25.5 Å². The second-order valence-electron chi connectivity index (χ2n) is 8.40. The first-order valence-corrected chi connectivity index (χ1v) is 11.3. The molecule has 1 unspecified atom stereocenters. The summed E-state index contributed by atoms with van der Waals surface area (Å²) in [5.74, 6) is 0.483. The van der Waals surface area contributed by atoms with Gasteiger partial charge in [-0.25, -0.2) is 0 Å². The number of carbonyl (C=O) groups is 2. The molecule has 4 rings (SSSR count). The summed E-state index contributed by atoms with van der Waals surface area (Å²) >= 11 is 0. The molecule has 1 fully saturated rings. The molecular formula is C27H30N2O3. The highest BCUT2D eigenvalue weighted by molar-refractivity contribution is 6.08. The van der Waals surface area contributed by atoms with E-state index in [2.05, 4.69) is 12.2 Å². The van der Waals surface area contributed by atoms with Crippen molar-refractivity contribution in [3.63, 3.8) is 0 Å². The van der Waals surface area contributed by atoms with Gasteiger partial charge in [0.2, 0.25) is 5.91 Å². The molecule has 1 N–H and O–H groups in total. The Morgan fingerprint density at radius 3 is 2.59 bits per heavy atom. The maximum atomic E-state index is 13.4. The molecule has 5 nitrogen and oxygen atoms in total. The first-order chi connectivity index (χ1) is 15.5. The Hall–Kier alpha value is -3.34. The van der Waals surface area contributed by atoms with Crippen LogP contribution in [0.3, 0.4) is 0 Å². The van der Waals surface area contributed by atoms with Crippen molar-refractivity contribution in [3.05, 3.63) is 71.3 Å². The summed E-state index contributed by atoms with van der Waals surface area (Å²) in [6.07, 6.45) is 2.45. The van der Waals surface area contributed by atoms with Crippen LogP contribution in [-0.2, 0) is 11.2 Å². The maximum Gasteiger partial charge on any atom is 0.254 e. The molecule has 3 aromatic carbocycles. The molecule has 1 atom stereocenters. The predicted molar refractivity (Wildman–Crippen MR) is 128 cm³/mol. The first kappa shape index (κ1) is 21.9. The van der Waals surface area contributed by atoms with E-state index in [0.717, 1.165) is 52.6 Å². The van der Waals surface area contributed by atoms with Crippen molar-refractivity contribution in [1.29, 1.82) is 0 Å². The van der Waals surface area contributed by atoms with Gasteiger partial charge in [-0.15, -0.1) is 0 Å². The number of amides is 2. The average Bonchev–Trinajstić information content (AvgIpc) is 2.84. The lowest BCUT2D eigenvalue weighted by Gasteiger charge is -2.32. The van der Waals surface area contributed by atoms with Gasteiger partial charge in [-0.2, -0.15) is 0 Å². The monoisotopic (exact) mass is 430 g/mol. The lowest BCUT2D eigenvalue weighted by molar-refractivity contribution is -0.121. The zero-order chi connectivity index (χ0) is 22.7. The Labute approximate surface area is 189 Å². The van der Waals surface area contributed by atoms with Gasteiger partial charge >= 0.3 is 0 Å². The van der Waals surface area contributed by atoms with Gasteiger partial charge in [-0.3, -0.25) is 9.59 Å². The van der Waals surface area contributed by atoms with Crippen LogP contribution in [0.4, 0.5) is 5.69 Å². The number of para-hydroxylation sites is 1. The third-order valence-electron chi connectivity index (χ3n) is 6.40. The number of hydrogen-bond acceptors (Lipinski definition) is 3. The van der Waals surface area contributed by atoms with Crippen molar-refractivity contribution in [3.8, 4) is 5.75 Å². The molecule has 0 radical (unpaired) electrons. The Balaban J connectivity index is 1.54. The number of nitrogens with one attached hydrogen (secondary N) is 1. The van der Waals surface area contributed by atoms with E-state index >= 15 is 0 Å². The number of likely N-dealkylation sites (tertiary alicyclic amines) is 1. The SMILES string of the molecule is CCc1cccc(C)c1NC(=O)C1CCCN(C(=O)c2ccc(OC)c3ccccc23)C1. The Kier molecular flexibility index (Phi) is 6.45. The van der Waals surface area contributed by atoms with Crippen LogP contribution in [0.2, 0.25) is 0 Å². The quantitative estimate of drug-likeness (QED) is 0.604. The number of piperidine rings is 1. The summed E-state index contributed by atoms with van der Waals surface area (Å²) in [6.45, 7) is 5.19. The Bertz CT molecular complexity index is 1150. The van der Waals surface area contributed by atoms with E-state index in [1.807, 2.05) is 66.4 Å². The second kappa shape index (κ2) is 9.43. The molecule has 0 saturated carbocycles. The third-order valence-corrected chi connectivity index (χ3v) is 6.40. The van der Waals surface area contributed by atoms with Crippen LogP contribution in [0.5, 0.6) is 5.75 Å². The van der Waals surface area contributed by atoms with Crippen LogP contribution in [0.1, 0.15) is 41.3 Å². The normalized spacial score (nSPS) is 16.1. The number of fused-ring (bicyclic) bond motifs is 1. The Morgan fingerprint density at radius 1 is 1.06 bits per heavy atom. The molecule has 1 saturated heterocycles. The second-order valence-corrected chi connectivity index (χ2v) is 8.40. The molecule has 0 spiro atoms. The largest absolute Gasteiger partial charge is 0.496 e. The lowest BCUT2D eigenvalue weighted by Crippen LogP contribution is -2.44. The number of hydrogen-bond donors (Lipinski definition) is 1. The van der Waals surface area contributed by atoms with Gasteiger partial charge in [-0.1, -0.05) is 49.4 Å². The van der Waals surface area contributed by atoms with Crippen molar-refractivity contribution in [1.82, 2.24) is 4.90 Å². The van der Waals surface area contributed by atoms with Gasteiger partial charge < -0.3 is 15.0 Å². The first-order valence-electron chi connectivity index (χ1n) is 11.3. The van der Waals surface area contributed by atoms with E-state index in [0.29, 0.717) is 18.7 Å². The average molecular weight is 431 g/mol. The summed E-state index contributed by atoms with van der Waals surface area (Å²) in [6, 6.07) is 17.5. The smallest absolute Gasteiger partial charge is 0.254 e. The van der Waals surface area contributed by atoms with Crippen LogP contribution in [-0.4, -0.2) is 36.9 Å². The number of rotatable bonds is 5. The minimum atomic E-state index is -0.221. The topological polar surface area (TPSA) is 58.6 Å². The minimum absolute atomic E-state index is 0.00825. The van der Waals surface area contributed by atoms with Crippen LogP contribution in [0.15, 0.2) is 54.6 Å². The van der Waals surface area contributed by atoms with Crippen LogP contribution >= 0.6 is 0 Å². The number of ether oxygens (including phenoxy) is 1. The molecule has 32 heavy (non-hydrogen) atoms. The lowest BCUT2D eigenvalue weighted by atomic mass is 9.95. The van der Waals surface area contributed by atoms with Crippen molar-refractivity contribution >= 4 is 28.3 Å². The van der Waals surface area contributed by atoms with Gasteiger partial charge in [0.1, 0.15) is 5.75 Å². The summed E-state index contributed by atoms with van der Waals surface area (Å²) in [7, 11) is 1.63. The fraction of sp³-hybridized carbons (Fsp3) is 0.333. The van der Waals surface area contributed by atoms with E-state index in [1.165, 1.54) is 0 Å². The molecule has 166 valence electrons. The summed E-state index contributed by atoms with van der Waals surface area (Å²) in [5, 5.41) is 4.94. The Morgan fingerprint density at radius 2 is 1.84 bits per heavy atom. The number of carbonyl (C=O) groups excluding carboxylic acids is 2. The molecule has 3 aromatic rings. The number of benzene rings is 3. The van der Waals surface area contributed by atoms with Gasteiger partial charge in [0, 0.05) is 29.7 Å². The van der Waals surface area contributed by atoms with Gasteiger partial charge in [0.05, 0.1) is 13.0 Å². The van der Waals surface area contributed by atoms with Crippen LogP contribution in [0, 0.1) is 12.8 Å². The molecule has 1 heterocycles. The molecule has 0 aromatic heterocycles. The van der Waals surface area contributed by atoms with E-state index < -0.39 is 0 Å². The zero-order valence-electron chi connectivity index (χ0n) is 19.0. The maximum absolute atomic E-state index is 13.4. The van der Waals surface area contributed by atoms with Gasteiger partial charge in [-0.05, 0) is 54.8 Å².